The third kappa shape index (κ3) is 2.95. The molecule has 1 aliphatic heterocycles. The van der Waals surface area contributed by atoms with E-state index in [-0.39, 0.29) is 5.72 Å². The van der Waals surface area contributed by atoms with Crippen molar-refractivity contribution in [1.82, 2.24) is 15.2 Å². The monoisotopic (exact) mass is 342 g/mol. The van der Waals surface area contributed by atoms with Gasteiger partial charge in [0.1, 0.15) is 0 Å². The molecule has 1 aliphatic carbocycles. The highest BCUT2D eigenvalue weighted by molar-refractivity contribution is 7.99. The van der Waals surface area contributed by atoms with Crippen LogP contribution in [-0.4, -0.2) is 26.7 Å². The van der Waals surface area contributed by atoms with E-state index in [2.05, 4.69) is 34.6 Å². The van der Waals surface area contributed by atoms with Crippen LogP contribution in [0.4, 0.5) is 5.69 Å². The summed E-state index contributed by atoms with van der Waals surface area (Å²) in [5, 5.41) is 13.1. The number of anilines is 1. The largest absolute Gasteiger partial charge is 0.449 e. The van der Waals surface area contributed by atoms with Gasteiger partial charge in [-0.05, 0) is 25.3 Å². The molecule has 1 fully saturated rings. The van der Waals surface area contributed by atoms with Crippen molar-refractivity contribution in [3.05, 3.63) is 24.3 Å². The lowest BCUT2D eigenvalue weighted by atomic mass is 10.1. The lowest BCUT2D eigenvalue weighted by molar-refractivity contribution is 0.101. The molecule has 5 nitrogen and oxygen atoms in total. The highest BCUT2D eigenvalue weighted by Crippen LogP contribution is 2.43. The lowest BCUT2D eigenvalue weighted by Crippen LogP contribution is -2.41. The number of hydrogen-bond donors (Lipinski definition) is 1. The van der Waals surface area contributed by atoms with Gasteiger partial charge in [-0.2, -0.15) is 4.98 Å². The fraction of sp³-hybridized carbons (Fsp3) is 0.500. The second-order valence-electron chi connectivity index (χ2n) is 6.42. The number of hydrogen-bond acceptors (Lipinski definition) is 6. The minimum absolute atomic E-state index is 0.358. The third-order valence-electron chi connectivity index (χ3n) is 4.61. The van der Waals surface area contributed by atoms with Crippen molar-refractivity contribution in [3.8, 4) is 17.1 Å². The third-order valence-corrected chi connectivity index (χ3v) is 5.54. The highest BCUT2D eigenvalue weighted by Gasteiger charge is 2.40. The number of aromatic nitrogens is 3. The summed E-state index contributed by atoms with van der Waals surface area (Å²) >= 11 is 1.65. The zero-order valence-electron chi connectivity index (χ0n) is 13.9. The number of ether oxygens (including phenoxy) is 1. The molecule has 6 heteroatoms. The SMILES string of the molecule is CCCCSc1nnc2c(n1)OC1(CCCC1)Nc1ccccc1-2. The van der Waals surface area contributed by atoms with Crippen molar-refractivity contribution < 1.29 is 4.74 Å². The summed E-state index contributed by atoms with van der Waals surface area (Å²) in [6.45, 7) is 2.19. The van der Waals surface area contributed by atoms with Gasteiger partial charge in [0.05, 0.1) is 0 Å². The van der Waals surface area contributed by atoms with E-state index < -0.39 is 0 Å². The maximum atomic E-state index is 6.40. The summed E-state index contributed by atoms with van der Waals surface area (Å²) in [6.07, 6.45) is 6.64. The molecule has 1 spiro atoms. The molecule has 0 unspecified atom stereocenters. The van der Waals surface area contributed by atoms with Gasteiger partial charge in [-0.25, -0.2) is 0 Å². The topological polar surface area (TPSA) is 59.9 Å². The molecule has 1 aromatic heterocycles. The standard InChI is InChI=1S/C18H22N4OS/c1-2-3-12-24-17-19-16-15(21-22-17)13-8-4-5-9-14(13)20-18(23-16)10-6-7-11-18/h4-5,8-9,20H,2-3,6-7,10-12H2,1H3. The average Bonchev–Trinajstić information content (AvgIpc) is 2.98. The normalized spacial score (nSPS) is 17.5. The Morgan fingerprint density at radius 1 is 1.21 bits per heavy atom. The van der Waals surface area contributed by atoms with Crippen molar-refractivity contribution >= 4 is 17.4 Å². The Bertz CT molecular complexity index is 731. The van der Waals surface area contributed by atoms with Crippen LogP contribution in [0.5, 0.6) is 5.88 Å². The first-order valence-corrected chi connectivity index (χ1v) is 9.72. The number of fused-ring (bicyclic) bond motifs is 3. The number of benzene rings is 1. The van der Waals surface area contributed by atoms with Gasteiger partial charge in [-0.15, -0.1) is 10.2 Å². The van der Waals surface area contributed by atoms with Crippen molar-refractivity contribution in [2.75, 3.05) is 11.1 Å². The van der Waals surface area contributed by atoms with E-state index in [0.717, 1.165) is 42.0 Å². The van der Waals surface area contributed by atoms with E-state index in [1.807, 2.05) is 12.1 Å². The lowest BCUT2D eigenvalue weighted by Gasteiger charge is -2.30. The summed E-state index contributed by atoms with van der Waals surface area (Å²) in [4.78, 5) is 4.69. The van der Waals surface area contributed by atoms with E-state index in [9.17, 15) is 0 Å². The molecule has 0 amide bonds. The molecule has 2 heterocycles. The minimum Gasteiger partial charge on any atom is -0.449 e. The second kappa shape index (κ2) is 6.59. The maximum absolute atomic E-state index is 6.40. The molecule has 0 atom stereocenters. The van der Waals surface area contributed by atoms with Crippen LogP contribution in [0.2, 0.25) is 0 Å². The maximum Gasteiger partial charge on any atom is 0.247 e. The van der Waals surface area contributed by atoms with Gasteiger partial charge >= 0.3 is 0 Å². The Kier molecular flexibility index (Phi) is 4.31. The van der Waals surface area contributed by atoms with Crippen molar-refractivity contribution in [2.24, 2.45) is 0 Å². The highest BCUT2D eigenvalue weighted by atomic mass is 32.2. The first kappa shape index (κ1) is 15.7. The summed E-state index contributed by atoms with van der Waals surface area (Å²) < 4.78 is 6.40. The van der Waals surface area contributed by atoms with Crippen LogP contribution in [0.15, 0.2) is 29.4 Å². The van der Waals surface area contributed by atoms with Gasteiger partial charge in [0, 0.05) is 29.8 Å². The van der Waals surface area contributed by atoms with Crippen LogP contribution in [0.1, 0.15) is 45.4 Å². The smallest absolute Gasteiger partial charge is 0.247 e. The van der Waals surface area contributed by atoms with Gasteiger partial charge in [0.15, 0.2) is 11.4 Å². The molecule has 1 aromatic carbocycles. The molecular formula is C18H22N4OS. The van der Waals surface area contributed by atoms with E-state index in [4.69, 9.17) is 9.72 Å². The minimum atomic E-state index is -0.358. The number of para-hydroxylation sites is 1. The predicted molar refractivity (Wildman–Crippen MR) is 96.3 cm³/mol. The van der Waals surface area contributed by atoms with Crippen LogP contribution in [-0.2, 0) is 0 Å². The second-order valence-corrected chi connectivity index (χ2v) is 7.49. The first-order valence-electron chi connectivity index (χ1n) is 8.74. The Morgan fingerprint density at radius 2 is 2.04 bits per heavy atom. The van der Waals surface area contributed by atoms with E-state index in [1.54, 1.807) is 11.8 Å². The summed E-state index contributed by atoms with van der Waals surface area (Å²) in [5.74, 6) is 1.63. The number of nitrogens with one attached hydrogen (secondary N) is 1. The molecule has 2 aliphatic rings. The molecule has 2 aromatic rings. The number of thioether (sulfide) groups is 1. The van der Waals surface area contributed by atoms with Crippen LogP contribution < -0.4 is 10.1 Å². The number of nitrogens with zero attached hydrogens (tertiary/aromatic N) is 3. The first-order chi connectivity index (χ1) is 11.8. The van der Waals surface area contributed by atoms with Crippen molar-refractivity contribution in [3.63, 3.8) is 0 Å². The summed E-state index contributed by atoms with van der Waals surface area (Å²) in [5.41, 5.74) is 2.45. The van der Waals surface area contributed by atoms with Gasteiger partial charge in [-0.1, -0.05) is 43.3 Å². The van der Waals surface area contributed by atoms with Crippen molar-refractivity contribution in [2.45, 2.75) is 56.3 Å². The van der Waals surface area contributed by atoms with E-state index in [0.29, 0.717) is 11.0 Å². The van der Waals surface area contributed by atoms with Crippen molar-refractivity contribution in [1.29, 1.82) is 0 Å². The number of rotatable bonds is 4. The number of unbranched alkanes of at least 4 members (excludes halogenated alkanes) is 1. The van der Waals surface area contributed by atoms with Crippen LogP contribution in [0.25, 0.3) is 11.3 Å². The Labute approximate surface area is 146 Å². The quantitative estimate of drug-likeness (QED) is 0.652. The van der Waals surface area contributed by atoms with Gasteiger partial charge in [-0.3, -0.25) is 0 Å². The van der Waals surface area contributed by atoms with Crippen LogP contribution in [0, 0.1) is 0 Å². The molecule has 0 saturated heterocycles. The molecule has 1 saturated carbocycles. The summed E-state index contributed by atoms with van der Waals surface area (Å²) in [7, 11) is 0. The molecule has 1 N–H and O–H groups in total. The molecule has 0 radical (unpaired) electrons. The molecular weight excluding hydrogens is 320 g/mol. The predicted octanol–water partition coefficient (Wildman–Crippen LogP) is 4.51. The van der Waals surface area contributed by atoms with Crippen LogP contribution in [0.3, 0.4) is 0 Å². The zero-order chi connectivity index (χ0) is 16.4. The van der Waals surface area contributed by atoms with E-state index >= 15 is 0 Å². The van der Waals surface area contributed by atoms with Gasteiger partial charge in [0.2, 0.25) is 11.0 Å². The van der Waals surface area contributed by atoms with E-state index in [1.165, 1.54) is 19.3 Å². The molecule has 4 rings (SSSR count). The Morgan fingerprint density at radius 3 is 2.88 bits per heavy atom. The van der Waals surface area contributed by atoms with Gasteiger partial charge in [0.25, 0.3) is 0 Å². The molecule has 24 heavy (non-hydrogen) atoms. The zero-order valence-corrected chi connectivity index (χ0v) is 14.7. The Hall–Kier alpha value is -1.82. The fourth-order valence-electron chi connectivity index (χ4n) is 3.33. The van der Waals surface area contributed by atoms with Crippen LogP contribution >= 0.6 is 11.8 Å². The average molecular weight is 342 g/mol. The molecule has 0 bridgehead atoms. The van der Waals surface area contributed by atoms with Gasteiger partial charge < -0.3 is 10.1 Å². The fourth-order valence-corrected chi connectivity index (χ4v) is 4.20. The Balaban J connectivity index is 1.74. The molecule has 126 valence electrons. The summed E-state index contributed by atoms with van der Waals surface area (Å²) in [6, 6.07) is 8.19.